The van der Waals surface area contributed by atoms with Crippen LogP contribution < -0.4 is 0 Å². The molecule has 3 N–H and O–H groups in total. The average Bonchev–Trinajstić information content (AvgIpc) is 2.88. The van der Waals surface area contributed by atoms with Crippen molar-refractivity contribution in [2.75, 3.05) is 0 Å². The van der Waals surface area contributed by atoms with E-state index < -0.39 is 18.2 Å². The van der Waals surface area contributed by atoms with Gasteiger partial charge in [0.15, 0.2) is 0 Å². The molecule has 156 valence electrons. The molecule has 5 nitrogen and oxygen atoms in total. The lowest BCUT2D eigenvalue weighted by molar-refractivity contribution is -0.137. The van der Waals surface area contributed by atoms with Crippen LogP contribution in [0.25, 0.3) is 0 Å². The summed E-state index contributed by atoms with van der Waals surface area (Å²) in [5.41, 5.74) is 0. The number of aliphatic carboxylic acids is 1. The fraction of sp³-hybridized carbons (Fsp3) is 0.818. The summed E-state index contributed by atoms with van der Waals surface area (Å²) in [6.07, 6.45) is 12.9. The number of unbranched alkanes of at least 4 members (excludes halogenated alkanes) is 5. The van der Waals surface area contributed by atoms with Gasteiger partial charge in [0.05, 0.1) is 12.2 Å². The molecule has 0 heterocycles. The Morgan fingerprint density at radius 2 is 1.59 bits per heavy atom. The van der Waals surface area contributed by atoms with Gasteiger partial charge in [0.2, 0.25) is 0 Å². The quantitative estimate of drug-likeness (QED) is 0.291. The number of hydrogen-bond donors (Lipinski definition) is 3. The molecule has 0 aromatic rings. The lowest BCUT2D eigenvalue weighted by atomic mass is 9.86. The molecule has 5 heteroatoms. The van der Waals surface area contributed by atoms with E-state index in [9.17, 15) is 19.8 Å². The van der Waals surface area contributed by atoms with Crippen LogP contribution in [0.2, 0.25) is 0 Å². The highest BCUT2D eigenvalue weighted by Gasteiger charge is 2.40. The monoisotopic (exact) mass is 382 g/mol. The smallest absolute Gasteiger partial charge is 0.303 e. The van der Waals surface area contributed by atoms with Crippen LogP contribution in [0.15, 0.2) is 12.2 Å². The molecule has 27 heavy (non-hydrogen) atoms. The Balaban J connectivity index is 2.30. The predicted octanol–water partition coefficient (Wildman–Crippen LogP) is 4.26. The lowest BCUT2D eigenvalue weighted by Crippen LogP contribution is -2.22. The molecule has 0 aromatic carbocycles. The summed E-state index contributed by atoms with van der Waals surface area (Å²) < 4.78 is 0. The van der Waals surface area contributed by atoms with Crippen molar-refractivity contribution >= 4 is 11.8 Å². The fourth-order valence-corrected chi connectivity index (χ4v) is 4.02. The van der Waals surface area contributed by atoms with E-state index >= 15 is 0 Å². The maximum atomic E-state index is 12.0. The standard InChI is InChI=1S/C22H38O5/c1-2-3-8-11-17(23)14-15-19-18(20(24)16-21(19)25)12-9-6-4-5-7-10-13-22(26)27/h6,9,18-21,24-25H,2-5,7-8,10-16H2,1H3,(H,26,27)/t18-,19-,20+,21-/m1/s1. The Morgan fingerprint density at radius 1 is 0.889 bits per heavy atom. The van der Waals surface area contributed by atoms with Gasteiger partial charge in [-0.15, -0.1) is 0 Å². The molecule has 1 fully saturated rings. The lowest BCUT2D eigenvalue weighted by Gasteiger charge is -2.22. The largest absolute Gasteiger partial charge is 0.481 e. The van der Waals surface area contributed by atoms with Gasteiger partial charge in [-0.05, 0) is 56.8 Å². The second-order valence-electron chi connectivity index (χ2n) is 7.93. The Hall–Kier alpha value is -1.20. The molecule has 0 bridgehead atoms. The van der Waals surface area contributed by atoms with Gasteiger partial charge >= 0.3 is 5.97 Å². The molecule has 0 aromatic heterocycles. The molecule has 1 aliphatic rings. The van der Waals surface area contributed by atoms with E-state index in [0.717, 1.165) is 44.9 Å². The summed E-state index contributed by atoms with van der Waals surface area (Å²) in [4.78, 5) is 22.5. The summed E-state index contributed by atoms with van der Waals surface area (Å²) in [5, 5.41) is 29.1. The van der Waals surface area contributed by atoms with Gasteiger partial charge in [0, 0.05) is 19.3 Å². The van der Waals surface area contributed by atoms with Crippen molar-refractivity contribution in [1.29, 1.82) is 0 Å². The second-order valence-corrected chi connectivity index (χ2v) is 7.93. The van der Waals surface area contributed by atoms with E-state index in [-0.39, 0.29) is 24.0 Å². The fourth-order valence-electron chi connectivity index (χ4n) is 4.02. The highest BCUT2D eigenvalue weighted by molar-refractivity contribution is 5.78. The van der Waals surface area contributed by atoms with Gasteiger partial charge in [-0.3, -0.25) is 9.59 Å². The van der Waals surface area contributed by atoms with Gasteiger partial charge in [-0.1, -0.05) is 38.3 Å². The first-order chi connectivity index (χ1) is 13.0. The number of carbonyl (C=O) groups excluding carboxylic acids is 1. The van der Waals surface area contributed by atoms with Crippen molar-refractivity contribution in [2.45, 2.75) is 103 Å². The van der Waals surface area contributed by atoms with Crippen molar-refractivity contribution in [3.05, 3.63) is 12.2 Å². The molecule has 4 atom stereocenters. The SMILES string of the molecule is CCCCCC(=O)CC[C@@H]1[C@@H](CC=CCCCCCC(=O)O)[C@@H](O)C[C@H]1O. The van der Waals surface area contributed by atoms with Crippen LogP contribution in [0.5, 0.6) is 0 Å². The van der Waals surface area contributed by atoms with Crippen LogP contribution in [-0.2, 0) is 9.59 Å². The number of rotatable bonds is 15. The van der Waals surface area contributed by atoms with E-state index in [4.69, 9.17) is 5.11 Å². The Bertz CT molecular complexity index is 460. The number of aliphatic hydroxyl groups is 2. The number of ketones is 1. The first-order valence-electron chi connectivity index (χ1n) is 10.7. The van der Waals surface area contributed by atoms with Crippen LogP contribution in [-0.4, -0.2) is 39.3 Å². The van der Waals surface area contributed by atoms with Gasteiger partial charge in [0.1, 0.15) is 5.78 Å². The summed E-state index contributed by atoms with van der Waals surface area (Å²) in [6.45, 7) is 2.12. The minimum atomic E-state index is -0.741. The van der Waals surface area contributed by atoms with E-state index in [1.807, 2.05) is 0 Å². The zero-order valence-corrected chi connectivity index (χ0v) is 16.8. The molecule has 0 saturated heterocycles. The third-order valence-electron chi connectivity index (χ3n) is 5.67. The highest BCUT2D eigenvalue weighted by Crippen LogP contribution is 2.38. The van der Waals surface area contributed by atoms with Crippen molar-refractivity contribution in [1.82, 2.24) is 0 Å². The molecular formula is C22H38O5. The summed E-state index contributed by atoms with van der Waals surface area (Å²) in [7, 11) is 0. The molecule has 0 aliphatic heterocycles. The maximum absolute atomic E-state index is 12.0. The second kappa shape index (κ2) is 13.9. The summed E-state index contributed by atoms with van der Waals surface area (Å²) in [5.74, 6) is -0.455. The zero-order chi connectivity index (χ0) is 20.1. The third kappa shape index (κ3) is 10.1. The van der Waals surface area contributed by atoms with Gasteiger partial charge in [-0.25, -0.2) is 0 Å². The van der Waals surface area contributed by atoms with Crippen LogP contribution in [0.1, 0.15) is 90.4 Å². The number of carbonyl (C=O) groups is 2. The third-order valence-corrected chi connectivity index (χ3v) is 5.67. The Labute approximate surface area is 163 Å². The van der Waals surface area contributed by atoms with Crippen LogP contribution >= 0.6 is 0 Å². The van der Waals surface area contributed by atoms with E-state index in [0.29, 0.717) is 32.1 Å². The number of carboxylic acid groups (broad SMARTS) is 1. The van der Waals surface area contributed by atoms with E-state index in [2.05, 4.69) is 19.1 Å². The van der Waals surface area contributed by atoms with Crippen molar-refractivity contribution in [2.24, 2.45) is 11.8 Å². The minimum absolute atomic E-state index is 0.00431. The maximum Gasteiger partial charge on any atom is 0.303 e. The Kier molecular flexibility index (Phi) is 12.3. The normalized spacial score (nSPS) is 25.3. The van der Waals surface area contributed by atoms with Gasteiger partial charge < -0.3 is 15.3 Å². The number of hydrogen-bond acceptors (Lipinski definition) is 4. The number of allylic oxidation sites excluding steroid dienone is 2. The first-order valence-corrected chi connectivity index (χ1v) is 10.7. The van der Waals surface area contributed by atoms with Crippen molar-refractivity contribution < 1.29 is 24.9 Å². The predicted molar refractivity (Wildman–Crippen MR) is 106 cm³/mol. The summed E-state index contributed by atoms with van der Waals surface area (Å²) in [6, 6.07) is 0. The molecule has 0 amide bonds. The topological polar surface area (TPSA) is 94.8 Å². The molecule has 0 unspecified atom stereocenters. The molecule has 1 aliphatic carbocycles. The highest BCUT2D eigenvalue weighted by atomic mass is 16.4. The van der Waals surface area contributed by atoms with Crippen molar-refractivity contribution in [3.8, 4) is 0 Å². The molecule has 1 saturated carbocycles. The van der Waals surface area contributed by atoms with Crippen LogP contribution in [0, 0.1) is 11.8 Å². The zero-order valence-electron chi connectivity index (χ0n) is 16.8. The molecule has 1 rings (SSSR count). The number of carboxylic acids is 1. The Morgan fingerprint density at radius 3 is 2.30 bits per heavy atom. The molecule has 0 spiro atoms. The molecule has 0 radical (unpaired) electrons. The molecular weight excluding hydrogens is 344 g/mol. The van der Waals surface area contributed by atoms with Gasteiger partial charge in [0.25, 0.3) is 0 Å². The number of Topliss-reactive ketones (excluding diaryl/α,β-unsaturated/α-hetero) is 1. The van der Waals surface area contributed by atoms with Gasteiger partial charge in [-0.2, -0.15) is 0 Å². The first kappa shape index (κ1) is 23.8. The number of aliphatic hydroxyl groups excluding tert-OH is 2. The average molecular weight is 383 g/mol. The van der Waals surface area contributed by atoms with Crippen LogP contribution in [0.4, 0.5) is 0 Å². The minimum Gasteiger partial charge on any atom is -0.481 e. The van der Waals surface area contributed by atoms with E-state index in [1.165, 1.54) is 0 Å². The van der Waals surface area contributed by atoms with E-state index in [1.54, 1.807) is 0 Å². The summed E-state index contributed by atoms with van der Waals surface area (Å²) >= 11 is 0. The van der Waals surface area contributed by atoms with Crippen molar-refractivity contribution in [3.63, 3.8) is 0 Å². The van der Waals surface area contributed by atoms with Crippen LogP contribution in [0.3, 0.4) is 0 Å².